The Kier molecular flexibility index (Phi) is 3.74. The summed E-state index contributed by atoms with van der Waals surface area (Å²) >= 11 is 0. The number of carbonyl (C=O) groups is 1. The molecule has 2 aromatic rings. The summed E-state index contributed by atoms with van der Waals surface area (Å²) in [7, 11) is 1.34. The summed E-state index contributed by atoms with van der Waals surface area (Å²) in [4.78, 5) is 11.7. The molecule has 0 amide bonds. The zero-order valence-electron chi connectivity index (χ0n) is 10.4. The van der Waals surface area contributed by atoms with Gasteiger partial charge in [-0.3, -0.25) is 0 Å². The van der Waals surface area contributed by atoms with Gasteiger partial charge in [-0.1, -0.05) is 6.07 Å². The molecule has 0 aliphatic carbocycles. The highest BCUT2D eigenvalue weighted by Crippen LogP contribution is 2.32. The van der Waals surface area contributed by atoms with Crippen molar-refractivity contribution < 1.29 is 18.7 Å². The molecule has 2 rings (SSSR count). The highest BCUT2D eigenvalue weighted by Gasteiger charge is 2.22. The second kappa shape index (κ2) is 5.47. The molecule has 7 heteroatoms. The molecule has 100 valence electrons. The number of carbonyl (C=O) groups excluding carboxylic acids is 1. The van der Waals surface area contributed by atoms with Crippen LogP contribution in [-0.2, 0) is 4.74 Å². The average molecular weight is 265 g/mol. The number of H-pyrrole nitrogens is 1. The molecule has 0 bridgehead atoms. The first-order valence-electron chi connectivity index (χ1n) is 5.59. The molecule has 0 aliphatic heterocycles. The van der Waals surface area contributed by atoms with Gasteiger partial charge in [-0.05, 0) is 19.1 Å². The van der Waals surface area contributed by atoms with E-state index in [4.69, 9.17) is 9.47 Å². The first-order chi connectivity index (χ1) is 9.19. The van der Waals surface area contributed by atoms with Crippen LogP contribution in [0.1, 0.15) is 17.4 Å². The highest BCUT2D eigenvalue weighted by molar-refractivity contribution is 5.94. The standard InChI is InChI=1S/C12H12FN3O3/c1-3-19-12(17)10-9(14-16-15-10)7-5-4-6-8(13)11(7)18-2/h4-6H,3H2,1-2H3,(H,14,15,16). The van der Waals surface area contributed by atoms with Crippen molar-refractivity contribution in [2.24, 2.45) is 0 Å². The number of hydrogen-bond donors (Lipinski definition) is 1. The minimum absolute atomic E-state index is 0.00180. The summed E-state index contributed by atoms with van der Waals surface area (Å²) in [5, 5.41) is 9.91. The van der Waals surface area contributed by atoms with Crippen molar-refractivity contribution in [2.45, 2.75) is 6.92 Å². The number of hydrogen-bond acceptors (Lipinski definition) is 5. The van der Waals surface area contributed by atoms with E-state index in [0.717, 1.165) is 0 Å². The van der Waals surface area contributed by atoms with Gasteiger partial charge in [0.2, 0.25) is 0 Å². The number of para-hydroxylation sites is 1. The van der Waals surface area contributed by atoms with Crippen LogP contribution >= 0.6 is 0 Å². The van der Waals surface area contributed by atoms with Gasteiger partial charge >= 0.3 is 5.97 Å². The molecule has 0 aliphatic rings. The molecule has 19 heavy (non-hydrogen) atoms. The third-order valence-corrected chi connectivity index (χ3v) is 2.44. The third kappa shape index (κ3) is 2.40. The van der Waals surface area contributed by atoms with E-state index in [1.54, 1.807) is 13.0 Å². The molecule has 0 saturated heterocycles. The number of rotatable bonds is 4. The van der Waals surface area contributed by atoms with Crippen molar-refractivity contribution in [1.82, 2.24) is 15.4 Å². The van der Waals surface area contributed by atoms with Gasteiger partial charge < -0.3 is 9.47 Å². The number of nitrogens with one attached hydrogen (secondary N) is 1. The van der Waals surface area contributed by atoms with E-state index < -0.39 is 11.8 Å². The molecule has 1 N–H and O–H groups in total. The van der Waals surface area contributed by atoms with Crippen LogP contribution in [0.2, 0.25) is 0 Å². The molecule has 0 fully saturated rings. The normalized spacial score (nSPS) is 10.3. The summed E-state index contributed by atoms with van der Waals surface area (Å²) in [5.41, 5.74) is 0.514. The first kappa shape index (κ1) is 13.0. The Morgan fingerprint density at radius 3 is 2.89 bits per heavy atom. The van der Waals surface area contributed by atoms with Gasteiger partial charge in [0.15, 0.2) is 17.3 Å². The molecule has 1 heterocycles. The summed E-state index contributed by atoms with van der Waals surface area (Å²) in [6, 6.07) is 4.34. The van der Waals surface area contributed by atoms with E-state index in [2.05, 4.69) is 15.4 Å². The summed E-state index contributed by atoms with van der Waals surface area (Å²) < 4.78 is 23.5. The van der Waals surface area contributed by atoms with Crippen LogP contribution in [0, 0.1) is 5.82 Å². The maximum absolute atomic E-state index is 13.6. The number of methoxy groups -OCH3 is 1. The quantitative estimate of drug-likeness (QED) is 0.853. The minimum Gasteiger partial charge on any atom is -0.493 e. The fraction of sp³-hybridized carbons (Fsp3) is 0.250. The van der Waals surface area contributed by atoms with Gasteiger partial charge in [0, 0.05) is 5.56 Å². The molecule has 0 unspecified atom stereocenters. The predicted molar refractivity (Wildman–Crippen MR) is 64.3 cm³/mol. The number of nitrogens with zero attached hydrogens (tertiary/aromatic N) is 2. The van der Waals surface area contributed by atoms with Crippen molar-refractivity contribution in [1.29, 1.82) is 0 Å². The van der Waals surface area contributed by atoms with E-state index in [-0.39, 0.29) is 23.7 Å². The summed E-state index contributed by atoms with van der Waals surface area (Å²) in [6.45, 7) is 1.89. The molecule has 6 nitrogen and oxygen atoms in total. The van der Waals surface area contributed by atoms with Crippen LogP contribution in [0.25, 0.3) is 11.3 Å². The topological polar surface area (TPSA) is 77.1 Å². The molecule has 0 atom stereocenters. The van der Waals surface area contributed by atoms with E-state index in [1.807, 2.05) is 0 Å². The molecule has 0 radical (unpaired) electrons. The second-order valence-electron chi connectivity index (χ2n) is 3.56. The van der Waals surface area contributed by atoms with Gasteiger partial charge in [0.25, 0.3) is 0 Å². The van der Waals surface area contributed by atoms with Crippen LogP contribution < -0.4 is 4.74 Å². The van der Waals surface area contributed by atoms with Crippen LogP contribution in [0.5, 0.6) is 5.75 Å². The Morgan fingerprint density at radius 2 is 2.21 bits per heavy atom. The Bertz CT molecular complexity index is 598. The van der Waals surface area contributed by atoms with E-state index in [0.29, 0.717) is 5.56 Å². The molecule has 0 saturated carbocycles. The zero-order chi connectivity index (χ0) is 13.8. The van der Waals surface area contributed by atoms with Gasteiger partial charge in [-0.25, -0.2) is 9.18 Å². The smallest absolute Gasteiger partial charge is 0.361 e. The number of benzene rings is 1. The number of esters is 1. The lowest BCUT2D eigenvalue weighted by molar-refractivity contribution is 0.0520. The van der Waals surface area contributed by atoms with Crippen molar-refractivity contribution in [3.05, 3.63) is 29.7 Å². The number of ether oxygens (including phenoxy) is 2. The van der Waals surface area contributed by atoms with Crippen molar-refractivity contribution in [2.75, 3.05) is 13.7 Å². The fourth-order valence-electron chi connectivity index (χ4n) is 1.66. The monoisotopic (exact) mass is 265 g/mol. The highest BCUT2D eigenvalue weighted by atomic mass is 19.1. The summed E-state index contributed by atoms with van der Waals surface area (Å²) in [6.07, 6.45) is 0. The van der Waals surface area contributed by atoms with Gasteiger partial charge in [0.05, 0.1) is 13.7 Å². The molecule has 0 spiro atoms. The number of aromatic nitrogens is 3. The number of halogens is 1. The van der Waals surface area contributed by atoms with Gasteiger partial charge in [0.1, 0.15) is 5.69 Å². The molecular weight excluding hydrogens is 253 g/mol. The fourth-order valence-corrected chi connectivity index (χ4v) is 1.66. The van der Waals surface area contributed by atoms with Gasteiger partial charge in [-0.2, -0.15) is 10.3 Å². The van der Waals surface area contributed by atoms with Gasteiger partial charge in [-0.15, -0.1) is 5.10 Å². The minimum atomic E-state index is -0.627. The Morgan fingerprint density at radius 1 is 1.42 bits per heavy atom. The van der Waals surface area contributed by atoms with Crippen LogP contribution in [0.4, 0.5) is 4.39 Å². The molecule has 1 aromatic heterocycles. The lowest BCUT2D eigenvalue weighted by Crippen LogP contribution is -2.07. The first-order valence-corrected chi connectivity index (χ1v) is 5.59. The van der Waals surface area contributed by atoms with Crippen LogP contribution in [-0.4, -0.2) is 35.1 Å². The Labute approximate surface area is 108 Å². The lowest BCUT2D eigenvalue weighted by Gasteiger charge is -2.07. The van der Waals surface area contributed by atoms with Crippen molar-refractivity contribution in [3.63, 3.8) is 0 Å². The number of aromatic amines is 1. The zero-order valence-corrected chi connectivity index (χ0v) is 10.4. The maximum atomic E-state index is 13.6. The lowest BCUT2D eigenvalue weighted by atomic mass is 10.1. The van der Waals surface area contributed by atoms with E-state index >= 15 is 0 Å². The van der Waals surface area contributed by atoms with Crippen molar-refractivity contribution >= 4 is 5.97 Å². The summed E-state index contributed by atoms with van der Waals surface area (Å²) in [5.74, 6) is -1.17. The third-order valence-electron chi connectivity index (χ3n) is 2.44. The SMILES string of the molecule is CCOC(=O)c1n[nH]nc1-c1cccc(F)c1OC. The second-order valence-corrected chi connectivity index (χ2v) is 3.56. The largest absolute Gasteiger partial charge is 0.493 e. The maximum Gasteiger partial charge on any atom is 0.361 e. The van der Waals surface area contributed by atoms with Crippen LogP contribution in [0.3, 0.4) is 0 Å². The molecular formula is C12H12FN3O3. The van der Waals surface area contributed by atoms with E-state index in [1.165, 1.54) is 19.2 Å². The molecule has 1 aromatic carbocycles. The van der Waals surface area contributed by atoms with Crippen LogP contribution in [0.15, 0.2) is 18.2 Å². The Balaban J connectivity index is 2.52. The Hall–Kier alpha value is -2.44. The average Bonchev–Trinajstić information content (AvgIpc) is 2.87. The van der Waals surface area contributed by atoms with Crippen molar-refractivity contribution in [3.8, 4) is 17.0 Å². The van der Waals surface area contributed by atoms with E-state index in [9.17, 15) is 9.18 Å². The predicted octanol–water partition coefficient (Wildman–Crippen LogP) is 1.80.